The maximum absolute atomic E-state index is 11.7. The number of nitrogen functional groups attached to an aromatic ring is 1. The molecule has 0 saturated heterocycles. The third-order valence-corrected chi connectivity index (χ3v) is 4.23. The molecule has 0 aliphatic rings. The molecule has 2 rings (SSSR count). The summed E-state index contributed by atoms with van der Waals surface area (Å²) in [6.07, 6.45) is 0. The highest BCUT2D eigenvalue weighted by Gasteiger charge is 2.18. The largest absolute Gasteiger partial charge is 0.486 e. The van der Waals surface area contributed by atoms with Gasteiger partial charge in [-0.15, -0.1) is 10.2 Å². The van der Waals surface area contributed by atoms with Gasteiger partial charge in [-0.05, 0) is 38.1 Å². The van der Waals surface area contributed by atoms with E-state index in [4.69, 9.17) is 22.2 Å². The number of halogens is 1. The average Bonchev–Trinajstić information content (AvgIpc) is 2.87. The van der Waals surface area contributed by atoms with Crippen LogP contribution >= 0.6 is 23.4 Å². The van der Waals surface area contributed by atoms with E-state index in [0.717, 1.165) is 0 Å². The van der Waals surface area contributed by atoms with E-state index in [9.17, 15) is 4.79 Å². The number of benzene rings is 1. The van der Waals surface area contributed by atoms with Gasteiger partial charge in [0, 0.05) is 11.6 Å². The van der Waals surface area contributed by atoms with Crippen LogP contribution in [-0.4, -0.2) is 32.6 Å². The van der Waals surface area contributed by atoms with Crippen molar-refractivity contribution in [2.75, 3.05) is 12.4 Å². The zero-order chi connectivity index (χ0) is 16.8. The number of nitrogens with zero attached hydrogens (tertiary/aromatic N) is 3. The van der Waals surface area contributed by atoms with E-state index in [1.54, 1.807) is 31.2 Å². The zero-order valence-electron chi connectivity index (χ0n) is 12.8. The van der Waals surface area contributed by atoms with Crippen molar-refractivity contribution < 1.29 is 9.53 Å². The lowest BCUT2D eigenvalue weighted by molar-refractivity contribution is -0.120. The van der Waals surface area contributed by atoms with Crippen molar-refractivity contribution in [3.8, 4) is 5.75 Å². The first-order valence-electron chi connectivity index (χ1n) is 7.03. The van der Waals surface area contributed by atoms with E-state index in [2.05, 4.69) is 15.5 Å². The average molecular weight is 356 g/mol. The molecule has 0 aliphatic heterocycles. The summed E-state index contributed by atoms with van der Waals surface area (Å²) in [7, 11) is 0. The summed E-state index contributed by atoms with van der Waals surface area (Å²) in [4.78, 5) is 11.7. The number of nitrogens with two attached hydrogens (primary N) is 1. The number of hydrogen-bond donors (Lipinski definition) is 2. The fourth-order valence-corrected chi connectivity index (χ4v) is 2.63. The lowest BCUT2D eigenvalue weighted by atomic mass is 10.3. The summed E-state index contributed by atoms with van der Waals surface area (Å²) in [5.41, 5.74) is 0. The molecule has 2 aromatic rings. The molecule has 0 unspecified atom stereocenters. The molecule has 1 heterocycles. The molecule has 0 radical (unpaired) electrons. The Hall–Kier alpha value is -1.93. The van der Waals surface area contributed by atoms with E-state index in [1.807, 2.05) is 6.92 Å². The van der Waals surface area contributed by atoms with Gasteiger partial charge in [-0.1, -0.05) is 23.4 Å². The SMILES string of the molecule is CCNC(=O)[C@@H](C)Sc1nnc(COc2ccc(Cl)cc2)n1N. The Bertz CT molecular complexity index is 662. The molecule has 7 nitrogen and oxygen atoms in total. The van der Waals surface area contributed by atoms with Gasteiger partial charge in [0.05, 0.1) is 5.25 Å². The number of ether oxygens (including phenoxy) is 1. The van der Waals surface area contributed by atoms with Crippen LogP contribution in [0.5, 0.6) is 5.75 Å². The first-order valence-corrected chi connectivity index (χ1v) is 8.29. The number of nitrogens with one attached hydrogen (secondary N) is 1. The Kier molecular flexibility index (Phi) is 6.12. The maximum Gasteiger partial charge on any atom is 0.233 e. The van der Waals surface area contributed by atoms with Crippen LogP contribution in [0, 0.1) is 0 Å². The summed E-state index contributed by atoms with van der Waals surface area (Å²) >= 11 is 7.06. The van der Waals surface area contributed by atoms with E-state index in [1.165, 1.54) is 16.4 Å². The maximum atomic E-state index is 11.7. The van der Waals surface area contributed by atoms with Gasteiger partial charge >= 0.3 is 0 Å². The molecule has 1 atom stereocenters. The number of thioether (sulfide) groups is 1. The molecule has 0 saturated carbocycles. The van der Waals surface area contributed by atoms with Crippen LogP contribution in [0.4, 0.5) is 0 Å². The van der Waals surface area contributed by atoms with Crippen molar-refractivity contribution in [3.63, 3.8) is 0 Å². The van der Waals surface area contributed by atoms with E-state index in [0.29, 0.717) is 28.3 Å². The fraction of sp³-hybridized carbons (Fsp3) is 0.357. The second-order valence-electron chi connectivity index (χ2n) is 4.67. The number of carbonyl (C=O) groups excluding carboxylic acids is 1. The summed E-state index contributed by atoms with van der Waals surface area (Å²) in [6, 6.07) is 6.98. The third-order valence-electron chi connectivity index (χ3n) is 2.92. The van der Waals surface area contributed by atoms with Crippen LogP contribution in [0.15, 0.2) is 29.4 Å². The van der Waals surface area contributed by atoms with Crippen LogP contribution in [0.25, 0.3) is 0 Å². The molecule has 124 valence electrons. The standard InChI is InChI=1S/C14H18ClN5O2S/c1-3-17-13(21)9(2)23-14-19-18-12(20(14)16)8-22-11-6-4-10(15)5-7-11/h4-7,9H,3,8,16H2,1-2H3,(H,17,21)/t9-/m1/s1. The Morgan fingerprint density at radius 3 is 2.78 bits per heavy atom. The molecule has 0 aliphatic carbocycles. The quantitative estimate of drug-likeness (QED) is 0.581. The number of carbonyl (C=O) groups is 1. The van der Waals surface area contributed by atoms with Gasteiger partial charge in [-0.25, -0.2) is 4.68 Å². The molecule has 0 spiro atoms. The molecule has 23 heavy (non-hydrogen) atoms. The summed E-state index contributed by atoms with van der Waals surface area (Å²) in [5.74, 6) is 7.00. The predicted molar refractivity (Wildman–Crippen MR) is 90.0 cm³/mol. The summed E-state index contributed by atoms with van der Waals surface area (Å²) in [6.45, 7) is 4.40. The molecule has 3 N–H and O–H groups in total. The van der Waals surface area contributed by atoms with Gasteiger partial charge in [0.1, 0.15) is 12.4 Å². The van der Waals surface area contributed by atoms with Crippen molar-refractivity contribution in [1.29, 1.82) is 0 Å². The minimum Gasteiger partial charge on any atom is -0.486 e. The van der Waals surface area contributed by atoms with Gasteiger partial charge in [0.15, 0.2) is 5.82 Å². The van der Waals surface area contributed by atoms with Gasteiger partial charge in [0.2, 0.25) is 11.1 Å². The molecule has 0 fully saturated rings. The van der Waals surface area contributed by atoms with Crippen molar-refractivity contribution >= 4 is 29.3 Å². The van der Waals surface area contributed by atoms with Crippen molar-refractivity contribution in [3.05, 3.63) is 35.1 Å². The number of amides is 1. The highest BCUT2D eigenvalue weighted by atomic mass is 35.5. The summed E-state index contributed by atoms with van der Waals surface area (Å²) in [5, 5.41) is 11.5. The van der Waals surface area contributed by atoms with Crippen molar-refractivity contribution in [2.45, 2.75) is 30.9 Å². The van der Waals surface area contributed by atoms with E-state index >= 15 is 0 Å². The van der Waals surface area contributed by atoms with E-state index < -0.39 is 0 Å². The van der Waals surface area contributed by atoms with Crippen molar-refractivity contribution in [2.24, 2.45) is 0 Å². The Balaban J connectivity index is 1.96. The first kappa shape index (κ1) is 17.4. The predicted octanol–water partition coefficient (Wildman–Crippen LogP) is 1.84. The second kappa shape index (κ2) is 8.07. The Morgan fingerprint density at radius 2 is 2.13 bits per heavy atom. The van der Waals surface area contributed by atoms with Crippen LogP contribution in [0.2, 0.25) is 5.02 Å². The fourth-order valence-electron chi connectivity index (χ4n) is 1.69. The molecule has 1 aromatic carbocycles. The lowest BCUT2D eigenvalue weighted by Gasteiger charge is -2.10. The third kappa shape index (κ3) is 4.77. The minimum absolute atomic E-state index is 0.0699. The molecular weight excluding hydrogens is 338 g/mol. The van der Waals surface area contributed by atoms with Crippen LogP contribution in [0.1, 0.15) is 19.7 Å². The monoisotopic (exact) mass is 355 g/mol. The number of hydrogen-bond acceptors (Lipinski definition) is 6. The lowest BCUT2D eigenvalue weighted by Crippen LogP contribution is -2.31. The van der Waals surface area contributed by atoms with Crippen LogP contribution in [-0.2, 0) is 11.4 Å². The second-order valence-corrected chi connectivity index (χ2v) is 6.41. The number of aromatic nitrogens is 3. The Labute approximate surface area is 143 Å². The zero-order valence-corrected chi connectivity index (χ0v) is 14.4. The van der Waals surface area contributed by atoms with Crippen molar-refractivity contribution in [1.82, 2.24) is 20.2 Å². The number of rotatable bonds is 7. The highest BCUT2D eigenvalue weighted by Crippen LogP contribution is 2.21. The molecular formula is C14H18ClN5O2S. The highest BCUT2D eigenvalue weighted by molar-refractivity contribution is 8.00. The smallest absolute Gasteiger partial charge is 0.233 e. The van der Waals surface area contributed by atoms with Crippen LogP contribution in [0.3, 0.4) is 0 Å². The van der Waals surface area contributed by atoms with Gasteiger partial charge < -0.3 is 15.9 Å². The molecule has 0 bridgehead atoms. The topological polar surface area (TPSA) is 95.1 Å². The van der Waals surface area contributed by atoms with E-state index in [-0.39, 0.29) is 17.8 Å². The normalized spacial score (nSPS) is 12.0. The van der Waals surface area contributed by atoms with Gasteiger partial charge in [-0.2, -0.15) is 0 Å². The molecule has 1 amide bonds. The minimum atomic E-state index is -0.313. The molecule has 9 heteroatoms. The van der Waals surface area contributed by atoms with Gasteiger partial charge in [0.25, 0.3) is 0 Å². The molecule has 1 aromatic heterocycles. The van der Waals surface area contributed by atoms with Gasteiger partial charge in [-0.3, -0.25) is 4.79 Å². The summed E-state index contributed by atoms with van der Waals surface area (Å²) < 4.78 is 6.91. The first-order chi connectivity index (χ1) is 11.0. The van der Waals surface area contributed by atoms with Crippen LogP contribution < -0.4 is 15.9 Å². The Morgan fingerprint density at radius 1 is 1.43 bits per heavy atom.